The van der Waals surface area contributed by atoms with Crippen LogP contribution < -0.4 is 5.73 Å². The summed E-state index contributed by atoms with van der Waals surface area (Å²) in [7, 11) is 1.28. The fourth-order valence-electron chi connectivity index (χ4n) is 1.19. The quantitative estimate of drug-likeness (QED) is 0.804. The van der Waals surface area contributed by atoms with E-state index in [9.17, 15) is 9.59 Å². The van der Waals surface area contributed by atoms with Crippen LogP contribution in [-0.2, 0) is 10.2 Å². The molecule has 0 saturated heterocycles. The van der Waals surface area contributed by atoms with Gasteiger partial charge in [0.2, 0.25) is 5.91 Å². The summed E-state index contributed by atoms with van der Waals surface area (Å²) in [5.41, 5.74) is 5.34. The van der Waals surface area contributed by atoms with Gasteiger partial charge in [-0.15, -0.1) is 11.3 Å². The number of rotatable bonds is 2. The summed E-state index contributed by atoms with van der Waals surface area (Å²) in [6, 6.07) is 1.67. The number of carbonyl (C=O) groups is 2. The van der Waals surface area contributed by atoms with E-state index in [2.05, 4.69) is 4.74 Å². The van der Waals surface area contributed by atoms with Crippen molar-refractivity contribution in [1.29, 1.82) is 0 Å². The first-order chi connectivity index (χ1) is 7.27. The fraction of sp³-hybridized carbons (Fsp3) is 0.455. The van der Waals surface area contributed by atoms with Crippen LogP contribution in [0.5, 0.6) is 0 Å². The number of carbonyl (C=O) groups excluding carboxylic acids is 2. The van der Waals surface area contributed by atoms with Gasteiger partial charge in [-0.25, -0.2) is 4.79 Å². The number of methoxy groups -OCH3 is 1. The molecule has 4 nitrogen and oxygen atoms in total. The van der Waals surface area contributed by atoms with Crippen molar-refractivity contribution in [3.63, 3.8) is 0 Å². The lowest BCUT2D eigenvalue weighted by Gasteiger charge is -2.15. The lowest BCUT2D eigenvalue weighted by Crippen LogP contribution is -2.14. The Morgan fingerprint density at radius 3 is 2.31 bits per heavy atom. The summed E-state index contributed by atoms with van der Waals surface area (Å²) in [5.74, 6) is -1.12. The summed E-state index contributed by atoms with van der Waals surface area (Å²) in [6.45, 7) is 6.01. The third-order valence-electron chi connectivity index (χ3n) is 2.11. The molecule has 0 saturated carbocycles. The average molecular weight is 241 g/mol. The van der Waals surface area contributed by atoms with Crippen LogP contribution in [0.4, 0.5) is 0 Å². The number of amides is 1. The van der Waals surface area contributed by atoms with Crippen molar-refractivity contribution >= 4 is 23.2 Å². The van der Waals surface area contributed by atoms with E-state index < -0.39 is 11.9 Å². The number of ether oxygens (including phenoxy) is 1. The molecular weight excluding hydrogens is 226 g/mol. The van der Waals surface area contributed by atoms with Crippen molar-refractivity contribution < 1.29 is 14.3 Å². The van der Waals surface area contributed by atoms with E-state index in [0.29, 0.717) is 0 Å². The van der Waals surface area contributed by atoms with Gasteiger partial charge >= 0.3 is 5.97 Å². The average Bonchev–Trinajstić information content (AvgIpc) is 2.60. The van der Waals surface area contributed by atoms with Gasteiger partial charge in [0, 0.05) is 4.88 Å². The molecule has 0 aliphatic heterocycles. The fourth-order valence-corrected chi connectivity index (χ4v) is 2.33. The topological polar surface area (TPSA) is 69.4 Å². The van der Waals surface area contributed by atoms with E-state index in [1.807, 2.05) is 20.8 Å². The second-order valence-corrected chi connectivity index (χ2v) is 5.51. The Labute approximate surface area is 98.4 Å². The Bertz CT molecular complexity index is 429. The van der Waals surface area contributed by atoms with Gasteiger partial charge in [-0.05, 0) is 11.5 Å². The normalized spacial score (nSPS) is 11.2. The molecule has 16 heavy (non-hydrogen) atoms. The summed E-state index contributed by atoms with van der Waals surface area (Å²) in [5, 5.41) is 0. The zero-order valence-corrected chi connectivity index (χ0v) is 10.6. The van der Waals surface area contributed by atoms with E-state index in [1.165, 1.54) is 18.4 Å². The van der Waals surface area contributed by atoms with Crippen LogP contribution in [0.25, 0.3) is 0 Å². The molecule has 0 radical (unpaired) electrons. The molecule has 0 fully saturated rings. The molecule has 1 rings (SSSR count). The minimum Gasteiger partial charge on any atom is -0.465 e. The van der Waals surface area contributed by atoms with Gasteiger partial charge in [0.05, 0.1) is 12.7 Å². The molecule has 1 heterocycles. The Morgan fingerprint density at radius 2 is 1.94 bits per heavy atom. The van der Waals surface area contributed by atoms with Crippen LogP contribution in [0.2, 0.25) is 0 Å². The summed E-state index contributed by atoms with van der Waals surface area (Å²) >= 11 is 1.25. The predicted octanol–water partition coefficient (Wildman–Crippen LogP) is 1.93. The molecule has 0 aromatic carbocycles. The highest BCUT2D eigenvalue weighted by Gasteiger charge is 2.25. The number of thiophene rings is 1. The molecule has 5 heteroatoms. The molecule has 1 amide bonds. The largest absolute Gasteiger partial charge is 0.465 e. The molecule has 0 spiro atoms. The maximum absolute atomic E-state index is 11.5. The monoisotopic (exact) mass is 241 g/mol. The van der Waals surface area contributed by atoms with Gasteiger partial charge < -0.3 is 10.5 Å². The van der Waals surface area contributed by atoms with Gasteiger partial charge in [0.15, 0.2) is 0 Å². The van der Waals surface area contributed by atoms with Gasteiger partial charge in [-0.3, -0.25) is 4.79 Å². The van der Waals surface area contributed by atoms with E-state index in [1.54, 1.807) is 6.07 Å². The zero-order valence-electron chi connectivity index (χ0n) is 9.79. The number of hydrogen-bond acceptors (Lipinski definition) is 4. The van der Waals surface area contributed by atoms with Crippen molar-refractivity contribution in [2.45, 2.75) is 26.2 Å². The second-order valence-electron chi connectivity index (χ2n) is 4.46. The summed E-state index contributed by atoms with van der Waals surface area (Å²) in [6.07, 6.45) is 0. The molecule has 2 N–H and O–H groups in total. The lowest BCUT2D eigenvalue weighted by atomic mass is 9.94. The number of hydrogen-bond donors (Lipinski definition) is 1. The molecule has 0 atom stereocenters. The maximum Gasteiger partial charge on any atom is 0.348 e. The van der Waals surface area contributed by atoms with Crippen molar-refractivity contribution in [1.82, 2.24) is 0 Å². The Hall–Kier alpha value is -1.36. The molecule has 0 unspecified atom stereocenters. The van der Waals surface area contributed by atoms with Crippen molar-refractivity contribution in [3.05, 3.63) is 21.4 Å². The highest BCUT2D eigenvalue weighted by atomic mass is 32.1. The molecule has 0 bridgehead atoms. The lowest BCUT2D eigenvalue weighted by molar-refractivity contribution is 0.0603. The number of nitrogens with two attached hydrogens (primary N) is 1. The minimum atomic E-state index is -0.604. The Morgan fingerprint density at radius 1 is 1.38 bits per heavy atom. The van der Waals surface area contributed by atoms with Crippen molar-refractivity contribution in [2.75, 3.05) is 7.11 Å². The summed E-state index contributed by atoms with van der Waals surface area (Å²) in [4.78, 5) is 23.9. The minimum absolute atomic E-state index is 0.124. The van der Waals surface area contributed by atoms with Crippen LogP contribution in [0.1, 0.15) is 45.7 Å². The highest BCUT2D eigenvalue weighted by molar-refractivity contribution is 7.14. The van der Waals surface area contributed by atoms with Crippen LogP contribution in [0.3, 0.4) is 0 Å². The van der Waals surface area contributed by atoms with E-state index in [-0.39, 0.29) is 15.9 Å². The third-order valence-corrected chi connectivity index (χ3v) is 3.65. The molecule has 0 aliphatic rings. The molecular formula is C11H15NO3S. The van der Waals surface area contributed by atoms with Gasteiger partial charge in [0.25, 0.3) is 0 Å². The smallest absolute Gasteiger partial charge is 0.348 e. The van der Waals surface area contributed by atoms with Crippen LogP contribution in [0, 0.1) is 0 Å². The number of primary amides is 1. The van der Waals surface area contributed by atoms with Crippen molar-refractivity contribution in [2.24, 2.45) is 5.73 Å². The zero-order chi connectivity index (χ0) is 12.5. The van der Waals surface area contributed by atoms with Crippen LogP contribution in [0.15, 0.2) is 6.07 Å². The molecule has 1 aromatic rings. The summed E-state index contributed by atoms with van der Waals surface area (Å²) < 4.78 is 4.62. The SMILES string of the molecule is COC(=O)c1sc(C(C)(C)C)cc1C(N)=O. The molecule has 88 valence electrons. The Kier molecular flexibility index (Phi) is 3.38. The van der Waals surface area contributed by atoms with Crippen molar-refractivity contribution in [3.8, 4) is 0 Å². The van der Waals surface area contributed by atoms with Crippen LogP contribution in [-0.4, -0.2) is 19.0 Å². The van der Waals surface area contributed by atoms with Gasteiger partial charge in [-0.1, -0.05) is 20.8 Å². The highest BCUT2D eigenvalue weighted by Crippen LogP contribution is 2.32. The first-order valence-corrected chi connectivity index (χ1v) is 5.61. The Balaban J connectivity index is 3.32. The first kappa shape index (κ1) is 12.7. The number of esters is 1. The second kappa shape index (κ2) is 4.25. The standard InChI is InChI=1S/C11H15NO3S/c1-11(2,3)7-5-6(9(12)13)8(16-7)10(14)15-4/h5H,1-4H3,(H2,12,13). The maximum atomic E-state index is 11.5. The van der Waals surface area contributed by atoms with E-state index >= 15 is 0 Å². The molecule has 0 aliphatic carbocycles. The molecule has 1 aromatic heterocycles. The van der Waals surface area contributed by atoms with Gasteiger partial charge in [0.1, 0.15) is 4.88 Å². The van der Waals surface area contributed by atoms with Gasteiger partial charge in [-0.2, -0.15) is 0 Å². The third kappa shape index (κ3) is 2.41. The predicted molar refractivity (Wildman–Crippen MR) is 62.9 cm³/mol. The first-order valence-electron chi connectivity index (χ1n) is 4.79. The van der Waals surface area contributed by atoms with E-state index in [4.69, 9.17) is 5.73 Å². The van der Waals surface area contributed by atoms with Crippen LogP contribution >= 0.6 is 11.3 Å². The van der Waals surface area contributed by atoms with E-state index in [0.717, 1.165) is 4.88 Å².